The molecule has 3 aromatic rings. The van der Waals surface area contributed by atoms with E-state index in [0.717, 1.165) is 34.6 Å². The normalized spacial score (nSPS) is 14.7. The van der Waals surface area contributed by atoms with Crippen molar-refractivity contribution in [2.45, 2.75) is 26.2 Å². The van der Waals surface area contributed by atoms with Crippen LogP contribution in [-0.4, -0.2) is 29.0 Å². The van der Waals surface area contributed by atoms with Crippen molar-refractivity contribution in [2.75, 3.05) is 23.3 Å². The van der Waals surface area contributed by atoms with Gasteiger partial charge in [-0.1, -0.05) is 0 Å². The van der Waals surface area contributed by atoms with Crippen LogP contribution in [0.4, 0.5) is 11.4 Å². The van der Waals surface area contributed by atoms with Gasteiger partial charge in [-0.2, -0.15) is 0 Å². The summed E-state index contributed by atoms with van der Waals surface area (Å²) in [6.07, 6.45) is 9.03. The predicted molar refractivity (Wildman–Crippen MR) is 103 cm³/mol. The maximum atomic E-state index is 12.5. The summed E-state index contributed by atoms with van der Waals surface area (Å²) in [6.45, 7) is 4.07. The molecule has 1 aliphatic rings. The first-order valence-corrected chi connectivity index (χ1v) is 9.39. The van der Waals surface area contributed by atoms with Crippen molar-refractivity contribution in [1.29, 1.82) is 0 Å². The standard InChI is InChI=1S/C19H20N4OS/c1-13-21-12-18(25-13)19(24)22-16-5-6-17(23-9-3-2-4-10-23)14-7-8-20-11-15(14)16/h5-8,11-12H,2-4,9-10H2,1H3,(H,22,24). The number of fused-ring (bicyclic) bond motifs is 1. The Bertz CT molecular complexity index is 915. The third-order valence-electron chi connectivity index (χ3n) is 4.59. The number of carbonyl (C=O) groups excluding carboxylic acids is 1. The molecule has 1 aliphatic heterocycles. The number of benzene rings is 1. The summed E-state index contributed by atoms with van der Waals surface area (Å²) in [5, 5.41) is 6.01. The minimum Gasteiger partial charge on any atom is -0.371 e. The number of amides is 1. The van der Waals surface area contributed by atoms with Crippen LogP contribution in [0.3, 0.4) is 0 Å². The van der Waals surface area contributed by atoms with E-state index in [0.29, 0.717) is 4.88 Å². The first kappa shape index (κ1) is 16.0. The maximum Gasteiger partial charge on any atom is 0.267 e. The lowest BCUT2D eigenvalue weighted by atomic mass is 10.1. The van der Waals surface area contributed by atoms with E-state index in [1.807, 2.05) is 31.5 Å². The summed E-state index contributed by atoms with van der Waals surface area (Å²) < 4.78 is 0. The second-order valence-corrected chi connectivity index (χ2v) is 7.53. The van der Waals surface area contributed by atoms with Crippen molar-refractivity contribution >= 4 is 39.4 Å². The number of hydrogen-bond donors (Lipinski definition) is 1. The topological polar surface area (TPSA) is 58.1 Å². The Balaban J connectivity index is 1.69. The average Bonchev–Trinajstić information content (AvgIpc) is 3.09. The minimum atomic E-state index is -0.124. The number of thiazole rings is 1. The van der Waals surface area contributed by atoms with Crippen LogP contribution in [-0.2, 0) is 0 Å². The van der Waals surface area contributed by atoms with E-state index in [4.69, 9.17) is 0 Å². The molecule has 1 fully saturated rings. The van der Waals surface area contributed by atoms with Crippen LogP contribution in [0.15, 0.2) is 36.8 Å². The molecule has 5 nitrogen and oxygen atoms in total. The van der Waals surface area contributed by atoms with Gasteiger partial charge in [0.2, 0.25) is 0 Å². The smallest absolute Gasteiger partial charge is 0.267 e. The van der Waals surface area contributed by atoms with Crippen LogP contribution < -0.4 is 10.2 Å². The van der Waals surface area contributed by atoms with Crippen LogP contribution in [0.1, 0.15) is 33.9 Å². The Morgan fingerprint density at radius 2 is 1.96 bits per heavy atom. The number of aromatic nitrogens is 2. The lowest BCUT2D eigenvalue weighted by Crippen LogP contribution is -2.29. The van der Waals surface area contributed by atoms with Crippen LogP contribution in [0.25, 0.3) is 10.8 Å². The lowest BCUT2D eigenvalue weighted by Gasteiger charge is -2.30. The number of hydrogen-bond acceptors (Lipinski definition) is 5. The minimum absolute atomic E-state index is 0.124. The molecule has 25 heavy (non-hydrogen) atoms. The van der Waals surface area contributed by atoms with E-state index < -0.39 is 0 Å². The van der Waals surface area contributed by atoms with Crippen molar-refractivity contribution in [3.8, 4) is 0 Å². The zero-order chi connectivity index (χ0) is 17.2. The molecule has 4 rings (SSSR count). The Labute approximate surface area is 150 Å². The largest absolute Gasteiger partial charge is 0.371 e. The van der Waals surface area contributed by atoms with Gasteiger partial charge in [0.05, 0.1) is 16.9 Å². The Kier molecular flexibility index (Phi) is 4.36. The highest BCUT2D eigenvalue weighted by Gasteiger charge is 2.17. The second-order valence-electron chi connectivity index (χ2n) is 6.30. The highest BCUT2D eigenvalue weighted by molar-refractivity contribution is 7.13. The molecule has 1 saturated heterocycles. The molecule has 0 aliphatic carbocycles. The molecule has 3 heterocycles. The maximum absolute atomic E-state index is 12.5. The number of nitrogens with one attached hydrogen (secondary N) is 1. The van der Waals surface area contributed by atoms with Crippen LogP contribution >= 0.6 is 11.3 Å². The van der Waals surface area contributed by atoms with Crippen LogP contribution in [0, 0.1) is 6.92 Å². The van der Waals surface area contributed by atoms with E-state index in [2.05, 4.69) is 26.3 Å². The van der Waals surface area contributed by atoms with Gasteiger partial charge in [-0.05, 0) is 44.4 Å². The Hall–Kier alpha value is -2.47. The SMILES string of the molecule is Cc1ncc(C(=O)Nc2ccc(N3CCCCC3)c3ccncc23)s1. The van der Waals surface area contributed by atoms with Gasteiger partial charge in [-0.15, -0.1) is 11.3 Å². The fraction of sp³-hybridized carbons (Fsp3) is 0.316. The van der Waals surface area contributed by atoms with Crippen molar-refractivity contribution in [1.82, 2.24) is 9.97 Å². The summed E-state index contributed by atoms with van der Waals surface area (Å²) in [5.74, 6) is -0.124. The van der Waals surface area contributed by atoms with Crippen molar-refractivity contribution in [3.05, 3.63) is 46.7 Å². The van der Waals surface area contributed by atoms with E-state index in [1.165, 1.54) is 36.3 Å². The zero-order valence-electron chi connectivity index (χ0n) is 14.2. The van der Waals surface area contributed by atoms with Gasteiger partial charge in [0, 0.05) is 41.9 Å². The van der Waals surface area contributed by atoms with Crippen molar-refractivity contribution < 1.29 is 4.79 Å². The lowest BCUT2D eigenvalue weighted by molar-refractivity contribution is 0.103. The van der Waals surface area contributed by atoms with E-state index in [1.54, 1.807) is 6.20 Å². The number of nitrogens with zero attached hydrogens (tertiary/aromatic N) is 3. The summed E-state index contributed by atoms with van der Waals surface area (Å²) in [4.78, 5) is 24.0. The van der Waals surface area contributed by atoms with Gasteiger partial charge in [-0.25, -0.2) is 4.98 Å². The number of anilines is 2. The zero-order valence-corrected chi connectivity index (χ0v) is 15.0. The monoisotopic (exact) mass is 352 g/mol. The highest BCUT2D eigenvalue weighted by atomic mass is 32.1. The molecule has 0 radical (unpaired) electrons. The van der Waals surface area contributed by atoms with Gasteiger partial charge in [0.25, 0.3) is 5.91 Å². The molecule has 0 atom stereocenters. The number of carbonyl (C=O) groups is 1. The molecular weight excluding hydrogens is 332 g/mol. The Morgan fingerprint density at radius 3 is 2.72 bits per heavy atom. The molecule has 128 valence electrons. The molecule has 6 heteroatoms. The molecule has 0 unspecified atom stereocenters. The first-order chi connectivity index (χ1) is 12.2. The summed E-state index contributed by atoms with van der Waals surface area (Å²) >= 11 is 1.40. The fourth-order valence-electron chi connectivity index (χ4n) is 3.34. The molecule has 1 aromatic carbocycles. The van der Waals surface area contributed by atoms with Crippen LogP contribution in [0.5, 0.6) is 0 Å². The van der Waals surface area contributed by atoms with Gasteiger partial charge >= 0.3 is 0 Å². The molecule has 0 spiro atoms. The van der Waals surface area contributed by atoms with E-state index in [-0.39, 0.29) is 5.91 Å². The van der Waals surface area contributed by atoms with E-state index >= 15 is 0 Å². The average molecular weight is 352 g/mol. The summed E-state index contributed by atoms with van der Waals surface area (Å²) in [6, 6.07) is 6.13. The molecule has 1 N–H and O–H groups in total. The molecule has 2 aromatic heterocycles. The number of pyridine rings is 1. The number of piperidine rings is 1. The van der Waals surface area contributed by atoms with Gasteiger partial charge < -0.3 is 10.2 Å². The molecule has 1 amide bonds. The van der Waals surface area contributed by atoms with Crippen LogP contribution in [0.2, 0.25) is 0 Å². The predicted octanol–water partition coefficient (Wildman–Crippen LogP) is 4.24. The molecule has 0 bridgehead atoms. The van der Waals surface area contributed by atoms with Crippen molar-refractivity contribution in [3.63, 3.8) is 0 Å². The summed E-state index contributed by atoms with van der Waals surface area (Å²) in [5.41, 5.74) is 2.02. The Morgan fingerprint density at radius 1 is 1.12 bits per heavy atom. The van der Waals surface area contributed by atoms with Gasteiger partial charge in [0.15, 0.2) is 0 Å². The quantitative estimate of drug-likeness (QED) is 0.766. The highest BCUT2D eigenvalue weighted by Crippen LogP contribution is 2.33. The van der Waals surface area contributed by atoms with Gasteiger partial charge in [0.1, 0.15) is 4.88 Å². The number of aryl methyl sites for hydroxylation is 1. The van der Waals surface area contributed by atoms with Crippen molar-refractivity contribution in [2.24, 2.45) is 0 Å². The molecule has 0 saturated carbocycles. The third kappa shape index (κ3) is 3.22. The first-order valence-electron chi connectivity index (χ1n) is 8.58. The second kappa shape index (κ2) is 6.80. The summed E-state index contributed by atoms with van der Waals surface area (Å²) in [7, 11) is 0. The van der Waals surface area contributed by atoms with Gasteiger partial charge in [-0.3, -0.25) is 9.78 Å². The van der Waals surface area contributed by atoms with E-state index in [9.17, 15) is 4.79 Å². The fourth-order valence-corrected chi connectivity index (χ4v) is 4.02. The third-order valence-corrected chi connectivity index (χ3v) is 5.50. The number of rotatable bonds is 3. The molecular formula is C19H20N4OS.